The molecule has 1 unspecified atom stereocenters. The molecular formula is C19H21BrN2O2. The second-order valence-corrected chi connectivity index (χ2v) is 6.75. The highest BCUT2D eigenvalue weighted by molar-refractivity contribution is 9.10. The highest BCUT2D eigenvalue weighted by atomic mass is 79.9. The highest BCUT2D eigenvalue weighted by Gasteiger charge is 2.17. The maximum Gasteiger partial charge on any atom is 0.226 e. The van der Waals surface area contributed by atoms with Crippen LogP contribution in [0.15, 0.2) is 46.9 Å². The van der Waals surface area contributed by atoms with Crippen LogP contribution in [0.25, 0.3) is 0 Å². The van der Waals surface area contributed by atoms with Crippen molar-refractivity contribution in [2.45, 2.75) is 33.2 Å². The van der Waals surface area contributed by atoms with Gasteiger partial charge in [0.05, 0.1) is 18.2 Å². The zero-order valence-electron chi connectivity index (χ0n) is 14.0. The average molecular weight is 389 g/mol. The number of aryl methyl sites for hydroxylation is 2. The minimum absolute atomic E-state index is 0.154. The Balaban J connectivity index is 2.12. The van der Waals surface area contributed by atoms with Gasteiger partial charge >= 0.3 is 0 Å². The summed E-state index contributed by atoms with van der Waals surface area (Å²) in [4.78, 5) is 23.9. The Morgan fingerprint density at radius 1 is 1.04 bits per heavy atom. The number of amides is 2. The molecular weight excluding hydrogens is 368 g/mol. The normalized spacial score (nSPS) is 11.7. The number of rotatable bonds is 5. The quantitative estimate of drug-likeness (QED) is 0.803. The van der Waals surface area contributed by atoms with Gasteiger partial charge in [-0.05, 0) is 53.0 Å². The first-order valence-corrected chi connectivity index (χ1v) is 8.54. The minimum atomic E-state index is -0.354. The molecule has 0 bridgehead atoms. The summed E-state index contributed by atoms with van der Waals surface area (Å²) in [5.41, 5.74) is 3.87. The van der Waals surface area contributed by atoms with E-state index in [-0.39, 0.29) is 24.3 Å². The first kappa shape index (κ1) is 18.2. The van der Waals surface area contributed by atoms with Crippen LogP contribution >= 0.6 is 15.9 Å². The van der Waals surface area contributed by atoms with Crippen molar-refractivity contribution in [1.82, 2.24) is 5.32 Å². The van der Waals surface area contributed by atoms with Gasteiger partial charge in [0.25, 0.3) is 0 Å². The molecule has 0 aliphatic heterocycles. The lowest BCUT2D eigenvalue weighted by Crippen LogP contribution is -2.29. The van der Waals surface area contributed by atoms with Gasteiger partial charge in [0.1, 0.15) is 0 Å². The van der Waals surface area contributed by atoms with Crippen LogP contribution in [0.2, 0.25) is 0 Å². The SMILES string of the molecule is CC(=O)NC(CC(=O)Nc1ccc(C)cc1Br)c1ccc(C)cc1. The Kier molecular flexibility index (Phi) is 6.15. The molecule has 0 saturated heterocycles. The van der Waals surface area contributed by atoms with Gasteiger partial charge < -0.3 is 10.6 Å². The van der Waals surface area contributed by atoms with Crippen LogP contribution in [0.4, 0.5) is 5.69 Å². The predicted molar refractivity (Wildman–Crippen MR) is 99.9 cm³/mol. The maximum absolute atomic E-state index is 12.4. The molecule has 2 amide bonds. The fourth-order valence-electron chi connectivity index (χ4n) is 2.40. The minimum Gasteiger partial charge on any atom is -0.349 e. The summed E-state index contributed by atoms with van der Waals surface area (Å²) in [6.07, 6.45) is 0.170. The predicted octanol–water partition coefficient (Wildman–Crippen LogP) is 4.27. The molecule has 0 radical (unpaired) electrons. The number of carbonyl (C=O) groups excluding carboxylic acids is 2. The lowest BCUT2D eigenvalue weighted by molar-refractivity contribution is -0.120. The van der Waals surface area contributed by atoms with Gasteiger partial charge in [0.15, 0.2) is 0 Å². The number of hydrogen-bond acceptors (Lipinski definition) is 2. The van der Waals surface area contributed by atoms with E-state index in [0.29, 0.717) is 0 Å². The number of benzene rings is 2. The summed E-state index contributed by atoms with van der Waals surface area (Å²) in [6, 6.07) is 13.2. The number of hydrogen-bond donors (Lipinski definition) is 2. The summed E-state index contributed by atoms with van der Waals surface area (Å²) in [5.74, 6) is -0.316. The van der Waals surface area contributed by atoms with Crippen molar-refractivity contribution in [3.05, 3.63) is 63.6 Å². The Bertz CT molecular complexity index is 742. The Morgan fingerprint density at radius 3 is 2.25 bits per heavy atom. The lowest BCUT2D eigenvalue weighted by Gasteiger charge is -2.18. The Morgan fingerprint density at radius 2 is 1.67 bits per heavy atom. The molecule has 0 aliphatic rings. The standard InChI is InChI=1S/C19H21BrN2O2/c1-12-4-7-15(8-5-12)18(21-14(3)23)11-19(24)22-17-9-6-13(2)10-16(17)20/h4-10,18H,11H2,1-3H3,(H,21,23)(H,22,24). The van der Waals surface area contributed by atoms with Crippen molar-refractivity contribution in [3.63, 3.8) is 0 Å². The van der Waals surface area contributed by atoms with Gasteiger partial charge in [0.2, 0.25) is 11.8 Å². The van der Waals surface area contributed by atoms with Crippen molar-refractivity contribution in [1.29, 1.82) is 0 Å². The Labute approximate surface area is 150 Å². The highest BCUT2D eigenvalue weighted by Crippen LogP contribution is 2.25. The van der Waals surface area contributed by atoms with E-state index in [0.717, 1.165) is 26.9 Å². The molecule has 2 aromatic carbocycles. The molecule has 0 aliphatic carbocycles. The maximum atomic E-state index is 12.4. The average Bonchev–Trinajstić information content (AvgIpc) is 2.50. The molecule has 2 rings (SSSR count). The second kappa shape index (κ2) is 8.11. The van der Waals surface area contributed by atoms with Gasteiger partial charge in [-0.15, -0.1) is 0 Å². The van der Waals surface area contributed by atoms with Gasteiger partial charge in [-0.2, -0.15) is 0 Å². The molecule has 0 spiro atoms. The molecule has 1 atom stereocenters. The van der Waals surface area contributed by atoms with Crippen LogP contribution in [0.3, 0.4) is 0 Å². The first-order chi connectivity index (χ1) is 11.3. The fraction of sp³-hybridized carbons (Fsp3) is 0.263. The van der Waals surface area contributed by atoms with Crippen LogP contribution in [-0.4, -0.2) is 11.8 Å². The molecule has 126 valence electrons. The topological polar surface area (TPSA) is 58.2 Å². The van der Waals surface area contributed by atoms with Crippen LogP contribution in [0.5, 0.6) is 0 Å². The number of carbonyl (C=O) groups is 2. The van der Waals surface area contributed by atoms with E-state index in [9.17, 15) is 9.59 Å². The van der Waals surface area contributed by atoms with Crippen molar-refractivity contribution in [2.75, 3.05) is 5.32 Å². The largest absolute Gasteiger partial charge is 0.349 e. The van der Waals surface area contributed by atoms with E-state index in [1.807, 2.05) is 56.3 Å². The molecule has 0 heterocycles. The second-order valence-electron chi connectivity index (χ2n) is 5.90. The molecule has 24 heavy (non-hydrogen) atoms. The van der Waals surface area contributed by atoms with Crippen molar-refractivity contribution >= 4 is 33.4 Å². The molecule has 0 aromatic heterocycles. The van der Waals surface area contributed by atoms with Crippen molar-refractivity contribution in [2.24, 2.45) is 0 Å². The van der Waals surface area contributed by atoms with E-state index < -0.39 is 0 Å². The molecule has 2 aromatic rings. The third kappa shape index (κ3) is 5.20. The van der Waals surface area contributed by atoms with E-state index in [1.54, 1.807) is 0 Å². The summed E-state index contributed by atoms with van der Waals surface area (Å²) in [7, 11) is 0. The summed E-state index contributed by atoms with van der Waals surface area (Å²) < 4.78 is 0.835. The molecule has 5 heteroatoms. The fourth-order valence-corrected chi connectivity index (χ4v) is 3.00. The van der Waals surface area contributed by atoms with Crippen molar-refractivity contribution < 1.29 is 9.59 Å². The molecule has 0 saturated carbocycles. The smallest absolute Gasteiger partial charge is 0.226 e. The number of anilines is 1. The zero-order chi connectivity index (χ0) is 17.7. The Hall–Kier alpha value is -2.14. The third-order valence-corrected chi connectivity index (χ3v) is 4.30. The summed E-state index contributed by atoms with van der Waals surface area (Å²) >= 11 is 3.45. The van der Waals surface area contributed by atoms with Gasteiger partial charge in [-0.1, -0.05) is 35.9 Å². The van der Waals surface area contributed by atoms with Crippen LogP contribution in [0.1, 0.15) is 36.1 Å². The zero-order valence-corrected chi connectivity index (χ0v) is 15.6. The van der Waals surface area contributed by atoms with E-state index in [1.165, 1.54) is 6.92 Å². The van der Waals surface area contributed by atoms with E-state index >= 15 is 0 Å². The number of halogens is 1. The van der Waals surface area contributed by atoms with Gasteiger partial charge in [-0.25, -0.2) is 0 Å². The molecule has 0 fully saturated rings. The van der Waals surface area contributed by atoms with Crippen LogP contribution < -0.4 is 10.6 Å². The third-order valence-electron chi connectivity index (χ3n) is 3.65. The number of nitrogens with one attached hydrogen (secondary N) is 2. The van der Waals surface area contributed by atoms with Gasteiger partial charge in [0, 0.05) is 11.4 Å². The van der Waals surface area contributed by atoms with E-state index in [2.05, 4.69) is 26.6 Å². The summed E-state index contributed by atoms with van der Waals surface area (Å²) in [5, 5.41) is 5.73. The van der Waals surface area contributed by atoms with Gasteiger partial charge in [-0.3, -0.25) is 9.59 Å². The van der Waals surface area contributed by atoms with Crippen LogP contribution in [-0.2, 0) is 9.59 Å². The van der Waals surface area contributed by atoms with Crippen molar-refractivity contribution in [3.8, 4) is 0 Å². The molecule has 2 N–H and O–H groups in total. The first-order valence-electron chi connectivity index (χ1n) is 7.75. The monoisotopic (exact) mass is 388 g/mol. The van der Waals surface area contributed by atoms with E-state index in [4.69, 9.17) is 0 Å². The van der Waals surface area contributed by atoms with Crippen LogP contribution in [0, 0.1) is 13.8 Å². The summed E-state index contributed by atoms with van der Waals surface area (Å²) in [6.45, 7) is 5.44. The molecule has 4 nitrogen and oxygen atoms in total. The lowest BCUT2D eigenvalue weighted by atomic mass is 10.0.